The van der Waals surface area contributed by atoms with Crippen LogP contribution in [0, 0.1) is 19.7 Å². The van der Waals surface area contributed by atoms with Crippen LogP contribution in [0.25, 0.3) is 0 Å². The number of amides is 1. The molecule has 0 N–H and O–H groups in total. The summed E-state index contributed by atoms with van der Waals surface area (Å²) < 4.78 is 19.9. The van der Waals surface area contributed by atoms with Gasteiger partial charge in [0.1, 0.15) is 17.4 Å². The Kier molecular flexibility index (Phi) is 6.26. The van der Waals surface area contributed by atoms with E-state index < -0.39 is 5.82 Å². The van der Waals surface area contributed by atoms with Crippen molar-refractivity contribution in [2.75, 3.05) is 11.5 Å². The smallest absolute Gasteiger partial charge is 0.266 e. The Balaban J connectivity index is 1.82. The number of pyridine rings is 1. The van der Waals surface area contributed by atoms with Crippen molar-refractivity contribution in [1.82, 2.24) is 4.98 Å². The lowest BCUT2D eigenvalue weighted by Crippen LogP contribution is -2.35. The molecule has 0 aliphatic heterocycles. The molecule has 0 saturated carbocycles. The van der Waals surface area contributed by atoms with Crippen LogP contribution in [0.2, 0.25) is 5.02 Å². The van der Waals surface area contributed by atoms with Gasteiger partial charge in [0.2, 0.25) is 0 Å². The summed E-state index contributed by atoms with van der Waals surface area (Å²) in [6.45, 7) is 3.73. The fraction of sp³-hybridized carbons (Fsp3) is 0.182. The average molecular weight is 399 g/mol. The minimum absolute atomic E-state index is 0.0440. The van der Waals surface area contributed by atoms with Crippen molar-refractivity contribution in [3.8, 4) is 5.75 Å². The van der Waals surface area contributed by atoms with E-state index in [1.54, 1.807) is 30.5 Å². The molecule has 0 bridgehead atoms. The Morgan fingerprint density at radius 1 is 1.11 bits per heavy atom. The van der Waals surface area contributed by atoms with Crippen LogP contribution in [0.3, 0.4) is 0 Å². The summed E-state index contributed by atoms with van der Waals surface area (Å²) in [6.07, 6.45) is 1.57. The first-order valence-electron chi connectivity index (χ1n) is 8.80. The van der Waals surface area contributed by atoms with Crippen LogP contribution in [-0.2, 0) is 11.3 Å². The van der Waals surface area contributed by atoms with Gasteiger partial charge >= 0.3 is 0 Å². The number of hydrogen-bond donors (Lipinski definition) is 0. The fourth-order valence-electron chi connectivity index (χ4n) is 2.68. The van der Waals surface area contributed by atoms with Crippen molar-refractivity contribution in [2.24, 2.45) is 0 Å². The third-order valence-electron chi connectivity index (χ3n) is 4.45. The summed E-state index contributed by atoms with van der Waals surface area (Å²) in [5.41, 5.74) is 2.45. The summed E-state index contributed by atoms with van der Waals surface area (Å²) in [6, 6.07) is 15.2. The van der Waals surface area contributed by atoms with Gasteiger partial charge in [-0.1, -0.05) is 29.8 Å². The van der Waals surface area contributed by atoms with Gasteiger partial charge in [0, 0.05) is 16.8 Å². The molecule has 0 unspecified atom stereocenters. The molecule has 28 heavy (non-hydrogen) atoms. The third kappa shape index (κ3) is 4.67. The van der Waals surface area contributed by atoms with E-state index in [0.717, 1.165) is 11.1 Å². The van der Waals surface area contributed by atoms with Crippen molar-refractivity contribution < 1.29 is 13.9 Å². The molecule has 0 aliphatic rings. The monoisotopic (exact) mass is 398 g/mol. The first kappa shape index (κ1) is 19.8. The normalized spacial score (nSPS) is 10.6. The van der Waals surface area contributed by atoms with Crippen LogP contribution >= 0.6 is 11.6 Å². The van der Waals surface area contributed by atoms with Gasteiger partial charge in [-0.2, -0.15) is 0 Å². The van der Waals surface area contributed by atoms with Crippen molar-refractivity contribution in [2.45, 2.75) is 20.4 Å². The SMILES string of the molecule is Cc1ccc(OCC(=O)N(Cc2c(F)cccc2Cl)c2ccccn2)cc1C. The quantitative estimate of drug-likeness (QED) is 0.580. The van der Waals surface area contributed by atoms with E-state index in [9.17, 15) is 9.18 Å². The minimum atomic E-state index is -0.476. The number of anilines is 1. The first-order valence-corrected chi connectivity index (χ1v) is 9.18. The number of benzene rings is 2. The van der Waals surface area contributed by atoms with E-state index in [2.05, 4.69) is 4.98 Å². The van der Waals surface area contributed by atoms with Gasteiger partial charge in [-0.25, -0.2) is 9.37 Å². The number of aromatic nitrogens is 1. The van der Waals surface area contributed by atoms with E-state index in [0.29, 0.717) is 11.6 Å². The average Bonchev–Trinajstić information content (AvgIpc) is 2.69. The van der Waals surface area contributed by atoms with Gasteiger partial charge < -0.3 is 4.74 Å². The highest BCUT2D eigenvalue weighted by molar-refractivity contribution is 6.31. The van der Waals surface area contributed by atoms with Crippen molar-refractivity contribution >= 4 is 23.3 Å². The van der Waals surface area contributed by atoms with Gasteiger partial charge in [-0.3, -0.25) is 9.69 Å². The van der Waals surface area contributed by atoms with Crippen molar-refractivity contribution in [3.05, 3.63) is 88.3 Å². The van der Waals surface area contributed by atoms with Crippen LogP contribution in [0.1, 0.15) is 16.7 Å². The number of carbonyl (C=O) groups excluding carboxylic acids is 1. The molecular formula is C22H20ClFN2O2. The predicted octanol–water partition coefficient (Wildman–Crippen LogP) is 5.10. The minimum Gasteiger partial charge on any atom is -0.484 e. The molecule has 2 aromatic carbocycles. The fourth-order valence-corrected chi connectivity index (χ4v) is 2.90. The molecule has 0 fully saturated rings. The molecule has 0 radical (unpaired) electrons. The summed E-state index contributed by atoms with van der Waals surface area (Å²) in [5, 5.41) is 0.254. The van der Waals surface area contributed by atoms with E-state index >= 15 is 0 Å². The molecule has 3 rings (SSSR count). The largest absolute Gasteiger partial charge is 0.484 e. The zero-order chi connectivity index (χ0) is 20.1. The van der Waals surface area contributed by atoms with Crippen molar-refractivity contribution in [3.63, 3.8) is 0 Å². The number of hydrogen-bond acceptors (Lipinski definition) is 3. The Labute approximate surface area is 168 Å². The second-order valence-corrected chi connectivity index (χ2v) is 6.81. The van der Waals surface area contributed by atoms with Crippen LogP contribution < -0.4 is 9.64 Å². The molecule has 0 saturated heterocycles. The molecule has 6 heteroatoms. The number of halogens is 2. The zero-order valence-corrected chi connectivity index (χ0v) is 16.4. The molecule has 1 amide bonds. The third-order valence-corrected chi connectivity index (χ3v) is 4.80. The second kappa shape index (κ2) is 8.85. The Morgan fingerprint density at radius 2 is 1.93 bits per heavy atom. The maximum atomic E-state index is 14.2. The van der Waals surface area contributed by atoms with E-state index in [1.807, 2.05) is 32.0 Å². The van der Waals surface area contributed by atoms with Gasteiger partial charge in [0.05, 0.1) is 6.54 Å². The lowest BCUT2D eigenvalue weighted by atomic mass is 10.1. The summed E-state index contributed by atoms with van der Waals surface area (Å²) >= 11 is 6.14. The number of nitrogens with zero attached hydrogens (tertiary/aromatic N) is 2. The Morgan fingerprint density at radius 3 is 2.61 bits per heavy atom. The maximum Gasteiger partial charge on any atom is 0.266 e. The van der Waals surface area contributed by atoms with Gasteiger partial charge in [-0.15, -0.1) is 0 Å². The predicted molar refractivity (Wildman–Crippen MR) is 108 cm³/mol. The molecule has 3 aromatic rings. The Bertz CT molecular complexity index is 959. The zero-order valence-electron chi connectivity index (χ0n) is 15.7. The van der Waals surface area contributed by atoms with Gasteiger partial charge in [0.25, 0.3) is 5.91 Å². The van der Waals surface area contributed by atoms with E-state index in [-0.39, 0.29) is 29.6 Å². The van der Waals surface area contributed by atoms with E-state index in [1.165, 1.54) is 17.0 Å². The molecule has 0 atom stereocenters. The second-order valence-electron chi connectivity index (χ2n) is 6.40. The lowest BCUT2D eigenvalue weighted by Gasteiger charge is -2.23. The van der Waals surface area contributed by atoms with Crippen LogP contribution in [0.4, 0.5) is 10.2 Å². The molecule has 1 aromatic heterocycles. The number of rotatable bonds is 6. The standard InChI is InChI=1S/C22H20ClFN2O2/c1-15-9-10-17(12-16(15)2)28-14-22(27)26(21-8-3-4-11-25-21)13-18-19(23)6-5-7-20(18)24/h3-12H,13-14H2,1-2H3. The topological polar surface area (TPSA) is 42.4 Å². The molecule has 0 aliphatic carbocycles. The van der Waals surface area contributed by atoms with Crippen molar-refractivity contribution in [1.29, 1.82) is 0 Å². The summed E-state index contributed by atoms with van der Waals surface area (Å²) in [5.74, 6) is 0.171. The van der Waals surface area contributed by atoms with Crippen LogP contribution in [0.5, 0.6) is 5.75 Å². The van der Waals surface area contributed by atoms with Crippen LogP contribution in [0.15, 0.2) is 60.8 Å². The molecular weight excluding hydrogens is 379 g/mol. The lowest BCUT2D eigenvalue weighted by molar-refractivity contribution is -0.120. The highest BCUT2D eigenvalue weighted by atomic mass is 35.5. The summed E-state index contributed by atoms with van der Waals surface area (Å²) in [7, 11) is 0. The number of ether oxygens (including phenoxy) is 1. The summed E-state index contributed by atoms with van der Waals surface area (Å²) in [4.78, 5) is 18.5. The Hall–Kier alpha value is -2.92. The molecule has 1 heterocycles. The van der Waals surface area contributed by atoms with Gasteiger partial charge in [0.15, 0.2) is 6.61 Å². The highest BCUT2D eigenvalue weighted by Gasteiger charge is 2.21. The maximum absolute atomic E-state index is 14.2. The number of aryl methyl sites for hydroxylation is 2. The molecule has 0 spiro atoms. The first-order chi connectivity index (χ1) is 13.5. The number of carbonyl (C=O) groups is 1. The van der Waals surface area contributed by atoms with Gasteiger partial charge in [-0.05, 0) is 61.4 Å². The van der Waals surface area contributed by atoms with Crippen LogP contribution in [-0.4, -0.2) is 17.5 Å². The molecule has 144 valence electrons. The molecule has 4 nitrogen and oxygen atoms in total. The van der Waals surface area contributed by atoms with E-state index in [4.69, 9.17) is 16.3 Å². The highest BCUT2D eigenvalue weighted by Crippen LogP contribution is 2.24.